The molecule has 0 aliphatic heterocycles. The van der Waals surface area contributed by atoms with Crippen LogP contribution in [0.15, 0.2) is 0 Å². The van der Waals surface area contributed by atoms with Gasteiger partial charge in [-0.25, -0.2) is 0 Å². The summed E-state index contributed by atoms with van der Waals surface area (Å²) < 4.78 is 0. The Bertz CT molecular complexity index is 86.3. The second-order valence-electron chi connectivity index (χ2n) is 4.15. The lowest BCUT2D eigenvalue weighted by Gasteiger charge is -2.17. The first-order valence-corrected chi connectivity index (χ1v) is 5.43. The Morgan fingerprint density at radius 1 is 1.00 bits per heavy atom. The highest BCUT2D eigenvalue weighted by Gasteiger charge is 2.08. The SMILES string of the molecule is CCCCCCCC(C)(C)P.F. The van der Waals surface area contributed by atoms with Gasteiger partial charge in [-0.3, -0.25) is 4.70 Å². The van der Waals surface area contributed by atoms with E-state index in [1.807, 2.05) is 0 Å². The summed E-state index contributed by atoms with van der Waals surface area (Å²) in [5, 5.41) is 0.464. The molecule has 0 spiro atoms. The fourth-order valence-electron chi connectivity index (χ4n) is 1.18. The molecule has 0 saturated carbocycles. The molecule has 0 nitrogen and oxygen atoms in total. The molecule has 12 heavy (non-hydrogen) atoms. The molecule has 1 unspecified atom stereocenters. The third-order valence-electron chi connectivity index (χ3n) is 1.92. The maximum absolute atomic E-state index is 2.91. The van der Waals surface area contributed by atoms with Crippen molar-refractivity contribution in [2.75, 3.05) is 0 Å². The van der Waals surface area contributed by atoms with Crippen LogP contribution in [-0.4, -0.2) is 5.16 Å². The Morgan fingerprint density at radius 3 is 1.92 bits per heavy atom. The van der Waals surface area contributed by atoms with E-state index < -0.39 is 0 Å². The quantitative estimate of drug-likeness (QED) is 0.440. The summed E-state index contributed by atoms with van der Waals surface area (Å²) in [5.74, 6) is 0. The molecule has 0 aromatic carbocycles. The zero-order valence-corrected chi connectivity index (χ0v) is 9.88. The molecule has 2 heteroatoms. The van der Waals surface area contributed by atoms with E-state index in [2.05, 4.69) is 30.0 Å². The highest BCUT2D eigenvalue weighted by molar-refractivity contribution is 7.18. The summed E-state index contributed by atoms with van der Waals surface area (Å²) in [6.07, 6.45) is 8.36. The van der Waals surface area contributed by atoms with Crippen LogP contribution in [0.4, 0.5) is 4.70 Å². The molecule has 0 aliphatic rings. The Morgan fingerprint density at radius 2 is 1.50 bits per heavy atom. The van der Waals surface area contributed by atoms with Gasteiger partial charge in [-0.1, -0.05) is 52.9 Å². The van der Waals surface area contributed by atoms with Gasteiger partial charge < -0.3 is 0 Å². The van der Waals surface area contributed by atoms with Gasteiger partial charge in [0.1, 0.15) is 0 Å². The highest BCUT2D eigenvalue weighted by Crippen LogP contribution is 2.23. The Kier molecular flexibility index (Phi) is 9.88. The monoisotopic (exact) mass is 194 g/mol. The summed E-state index contributed by atoms with van der Waals surface area (Å²) in [6, 6.07) is 0. The first-order chi connectivity index (χ1) is 5.06. The van der Waals surface area contributed by atoms with E-state index in [1.54, 1.807) is 0 Å². The smallest absolute Gasteiger partial charge is 0.0207 e. The van der Waals surface area contributed by atoms with Crippen molar-refractivity contribution in [1.29, 1.82) is 0 Å². The first-order valence-electron chi connectivity index (χ1n) is 4.85. The van der Waals surface area contributed by atoms with Gasteiger partial charge in [-0.2, -0.15) is 0 Å². The summed E-state index contributed by atoms with van der Waals surface area (Å²) in [4.78, 5) is 0. The van der Waals surface area contributed by atoms with Gasteiger partial charge in [0.15, 0.2) is 0 Å². The minimum absolute atomic E-state index is 0. The van der Waals surface area contributed by atoms with Crippen molar-refractivity contribution in [3.05, 3.63) is 0 Å². The van der Waals surface area contributed by atoms with E-state index in [4.69, 9.17) is 0 Å². The van der Waals surface area contributed by atoms with E-state index in [1.165, 1.54) is 38.5 Å². The first kappa shape index (κ1) is 14.9. The average Bonchev–Trinajstić information content (AvgIpc) is 1.85. The van der Waals surface area contributed by atoms with E-state index in [0.29, 0.717) is 5.16 Å². The van der Waals surface area contributed by atoms with Crippen LogP contribution in [0.2, 0.25) is 0 Å². The third kappa shape index (κ3) is 13.0. The normalized spacial score (nSPS) is 11.0. The predicted molar refractivity (Wildman–Crippen MR) is 59.7 cm³/mol. The fraction of sp³-hybridized carbons (Fsp3) is 1.00. The Hall–Kier alpha value is 0.360. The Balaban J connectivity index is 0. The lowest BCUT2D eigenvalue weighted by molar-refractivity contribution is 0.549. The standard InChI is InChI=1S/C10H23P.FH/c1-4-5-6-7-8-9-10(2,3)11;/h4-9,11H2,1-3H3;1H. The van der Waals surface area contributed by atoms with Crippen LogP contribution >= 0.6 is 9.24 Å². The lowest BCUT2D eigenvalue weighted by atomic mass is 10.0. The molecule has 0 rings (SSSR count). The van der Waals surface area contributed by atoms with Crippen LogP contribution in [0, 0.1) is 0 Å². The molecule has 76 valence electrons. The molecule has 0 amide bonds. The molecule has 0 aliphatic carbocycles. The molecule has 0 saturated heterocycles. The maximum atomic E-state index is 2.91. The van der Waals surface area contributed by atoms with E-state index in [0.717, 1.165) is 0 Å². The van der Waals surface area contributed by atoms with Crippen molar-refractivity contribution >= 4 is 9.24 Å². The number of hydrogen-bond donors (Lipinski definition) is 0. The van der Waals surface area contributed by atoms with E-state index in [9.17, 15) is 0 Å². The van der Waals surface area contributed by atoms with Crippen LogP contribution in [0.25, 0.3) is 0 Å². The lowest BCUT2D eigenvalue weighted by Crippen LogP contribution is -2.07. The van der Waals surface area contributed by atoms with Crippen molar-refractivity contribution in [2.24, 2.45) is 0 Å². The van der Waals surface area contributed by atoms with Gasteiger partial charge in [-0.15, -0.1) is 9.24 Å². The fourth-order valence-corrected chi connectivity index (χ4v) is 1.39. The summed E-state index contributed by atoms with van der Waals surface area (Å²) in [6.45, 7) is 6.84. The number of rotatable bonds is 6. The molecule has 1 atom stereocenters. The third-order valence-corrected chi connectivity index (χ3v) is 2.21. The molecule has 0 radical (unpaired) electrons. The highest BCUT2D eigenvalue weighted by atomic mass is 31.0. The predicted octanol–water partition coefficient (Wildman–Crippen LogP) is 4.15. The van der Waals surface area contributed by atoms with Gasteiger partial charge in [0.05, 0.1) is 0 Å². The molecule has 0 heterocycles. The van der Waals surface area contributed by atoms with Crippen molar-refractivity contribution < 1.29 is 4.70 Å². The van der Waals surface area contributed by atoms with Gasteiger partial charge in [0.25, 0.3) is 0 Å². The van der Waals surface area contributed by atoms with Crippen molar-refractivity contribution in [3.8, 4) is 0 Å². The van der Waals surface area contributed by atoms with Crippen LogP contribution in [0.1, 0.15) is 59.3 Å². The largest absolute Gasteiger partial charge is 0.269 e. The molecule has 0 aromatic heterocycles. The number of unbranched alkanes of at least 4 members (excludes halogenated alkanes) is 4. The van der Waals surface area contributed by atoms with Crippen molar-refractivity contribution in [2.45, 2.75) is 64.5 Å². The van der Waals surface area contributed by atoms with Gasteiger partial charge in [-0.05, 0) is 11.6 Å². The number of halogens is 1. The molecule has 0 N–H and O–H groups in total. The number of hydrogen-bond acceptors (Lipinski definition) is 0. The summed E-state index contributed by atoms with van der Waals surface area (Å²) >= 11 is 0. The maximum Gasteiger partial charge on any atom is -0.0207 e. The van der Waals surface area contributed by atoms with Gasteiger partial charge in [0, 0.05) is 0 Å². The molecule has 0 aromatic rings. The van der Waals surface area contributed by atoms with Crippen LogP contribution in [0.5, 0.6) is 0 Å². The zero-order valence-electron chi connectivity index (χ0n) is 8.73. The minimum Gasteiger partial charge on any atom is -0.269 e. The average molecular weight is 194 g/mol. The van der Waals surface area contributed by atoms with E-state index >= 15 is 0 Å². The van der Waals surface area contributed by atoms with E-state index in [-0.39, 0.29) is 4.70 Å². The van der Waals surface area contributed by atoms with Gasteiger partial charge in [0.2, 0.25) is 0 Å². The summed E-state index contributed by atoms with van der Waals surface area (Å²) in [7, 11) is 2.91. The molecular weight excluding hydrogens is 170 g/mol. The second-order valence-corrected chi connectivity index (χ2v) is 5.72. The van der Waals surface area contributed by atoms with Gasteiger partial charge >= 0.3 is 0 Å². The summed E-state index contributed by atoms with van der Waals surface area (Å²) in [5.41, 5.74) is 0. The van der Waals surface area contributed by atoms with Crippen molar-refractivity contribution in [3.63, 3.8) is 0 Å². The molecular formula is C10H24FP. The van der Waals surface area contributed by atoms with Crippen LogP contribution in [0.3, 0.4) is 0 Å². The topological polar surface area (TPSA) is 0 Å². The van der Waals surface area contributed by atoms with Crippen molar-refractivity contribution in [1.82, 2.24) is 0 Å². The molecule has 0 bridgehead atoms. The Labute approximate surface area is 79.1 Å². The molecule has 0 fully saturated rings. The van der Waals surface area contributed by atoms with Crippen LogP contribution < -0.4 is 0 Å². The minimum atomic E-state index is 0. The zero-order chi connectivity index (χ0) is 8.74. The van der Waals surface area contributed by atoms with Crippen LogP contribution in [-0.2, 0) is 0 Å². The second kappa shape index (κ2) is 7.98.